The molecule has 2 aromatic carbocycles. The lowest BCUT2D eigenvalue weighted by Gasteiger charge is -2.33. The molecule has 1 unspecified atom stereocenters. The Kier molecular flexibility index (Phi) is 7.36. The van der Waals surface area contributed by atoms with E-state index in [4.69, 9.17) is 4.98 Å². The summed E-state index contributed by atoms with van der Waals surface area (Å²) in [5.74, 6) is 1.28. The summed E-state index contributed by atoms with van der Waals surface area (Å²) >= 11 is 3.53. The molecule has 3 heterocycles. The number of urea groups is 1. The highest BCUT2D eigenvalue weighted by Crippen LogP contribution is 2.31. The van der Waals surface area contributed by atoms with Crippen LogP contribution in [0.1, 0.15) is 18.4 Å². The van der Waals surface area contributed by atoms with Crippen LogP contribution in [0, 0.1) is 5.92 Å². The third-order valence-electron chi connectivity index (χ3n) is 6.52. The average molecular weight is 549 g/mol. The largest absolute Gasteiger partial charge is 0.507 e. The lowest BCUT2D eigenvalue weighted by Crippen LogP contribution is -2.47. The molecule has 1 atom stereocenters. The maximum Gasteiger partial charge on any atom is 0.317 e. The van der Waals surface area contributed by atoms with E-state index in [0.29, 0.717) is 42.5 Å². The Morgan fingerprint density at radius 2 is 1.94 bits per heavy atom. The smallest absolute Gasteiger partial charge is 0.317 e. The number of hydrogen-bond acceptors (Lipinski definition) is 5. The summed E-state index contributed by atoms with van der Waals surface area (Å²) in [6, 6.07) is 19.3. The Bertz CT molecular complexity index is 1340. The van der Waals surface area contributed by atoms with Crippen molar-refractivity contribution in [1.29, 1.82) is 0 Å². The van der Waals surface area contributed by atoms with Crippen LogP contribution >= 0.6 is 15.9 Å². The van der Waals surface area contributed by atoms with E-state index in [2.05, 4.69) is 43.8 Å². The van der Waals surface area contributed by atoms with Gasteiger partial charge >= 0.3 is 6.03 Å². The maximum atomic E-state index is 12.8. The van der Waals surface area contributed by atoms with Gasteiger partial charge in [-0.3, -0.25) is 0 Å². The molecule has 0 radical (unpaired) electrons. The second-order valence-corrected chi connectivity index (χ2v) is 9.93. The van der Waals surface area contributed by atoms with Crippen LogP contribution in [-0.2, 0) is 6.42 Å². The Labute approximate surface area is 218 Å². The van der Waals surface area contributed by atoms with Gasteiger partial charge in [0.1, 0.15) is 11.6 Å². The molecular formula is C27H29BrN6O2. The third-order valence-corrected chi connectivity index (χ3v) is 7.08. The molecule has 5 rings (SSSR count). The van der Waals surface area contributed by atoms with Gasteiger partial charge in [-0.1, -0.05) is 42.5 Å². The highest BCUT2D eigenvalue weighted by Gasteiger charge is 2.24. The van der Waals surface area contributed by atoms with Gasteiger partial charge in [0.2, 0.25) is 0 Å². The van der Waals surface area contributed by atoms with Gasteiger partial charge in [-0.15, -0.1) is 0 Å². The number of phenolic OH excluding ortho intramolecular Hbond substituents is 1. The number of amides is 2. The number of anilines is 1. The zero-order valence-electron chi connectivity index (χ0n) is 19.9. The summed E-state index contributed by atoms with van der Waals surface area (Å²) < 4.78 is 2.53. The zero-order valence-corrected chi connectivity index (χ0v) is 21.5. The number of fused-ring (bicyclic) bond motifs is 1. The molecule has 1 saturated heterocycles. The number of phenols is 1. The molecule has 186 valence electrons. The van der Waals surface area contributed by atoms with Crippen molar-refractivity contribution in [2.75, 3.05) is 31.5 Å². The molecule has 3 N–H and O–H groups in total. The van der Waals surface area contributed by atoms with Gasteiger partial charge in [0.25, 0.3) is 0 Å². The number of benzene rings is 2. The highest BCUT2D eigenvalue weighted by atomic mass is 79.9. The molecule has 1 aliphatic heterocycles. The van der Waals surface area contributed by atoms with Crippen molar-refractivity contribution in [1.82, 2.24) is 24.8 Å². The van der Waals surface area contributed by atoms with Crippen molar-refractivity contribution in [3.05, 3.63) is 76.9 Å². The Morgan fingerprint density at radius 1 is 1.14 bits per heavy atom. The number of aromatic hydroxyl groups is 1. The molecule has 9 heteroatoms. The van der Waals surface area contributed by atoms with E-state index in [-0.39, 0.29) is 11.8 Å². The van der Waals surface area contributed by atoms with E-state index in [1.54, 1.807) is 22.8 Å². The number of nitrogens with zero attached hydrogens (tertiary/aromatic N) is 4. The van der Waals surface area contributed by atoms with Crippen LogP contribution in [-0.4, -0.2) is 56.8 Å². The number of nitrogens with one attached hydrogen (secondary N) is 2. The second-order valence-electron chi connectivity index (χ2n) is 9.07. The van der Waals surface area contributed by atoms with Crippen molar-refractivity contribution in [2.45, 2.75) is 19.3 Å². The van der Waals surface area contributed by atoms with Gasteiger partial charge in [-0.2, -0.15) is 9.61 Å². The number of piperidine rings is 1. The van der Waals surface area contributed by atoms with Crippen LogP contribution in [0.5, 0.6) is 5.75 Å². The summed E-state index contributed by atoms with van der Waals surface area (Å²) in [5.41, 5.74) is 3.21. The molecule has 8 nitrogen and oxygen atoms in total. The minimum atomic E-state index is -0.000205. The van der Waals surface area contributed by atoms with Crippen LogP contribution in [0.25, 0.3) is 16.9 Å². The van der Waals surface area contributed by atoms with Crippen LogP contribution in [0.15, 0.2) is 71.3 Å². The van der Waals surface area contributed by atoms with Crippen molar-refractivity contribution in [3.63, 3.8) is 0 Å². The number of carbonyl (C=O) groups excluding carboxylic acids is 1. The number of aromatic nitrogens is 3. The molecule has 0 spiro atoms. The first kappa shape index (κ1) is 24.1. The Hall–Kier alpha value is -3.59. The lowest BCUT2D eigenvalue weighted by molar-refractivity contribution is 0.168. The van der Waals surface area contributed by atoms with Gasteiger partial charge < -0.3 is 20.6 Å². The Morgan fingerprint density at radius 3 is 2.78 bits per heavy atom. The topological polar surface area (TPSA) is 94.8 Å². The summed E-state index contributed by atoms with van der Waals surface area (Å²) in [7, 11) is 0. The predicted molar refractivity (Wildman–Crippen MR) is 144 cm³/mol. The molecule has 4 aromatic rings. The molecular weight excluding hydrogens is 520 g/mol. The molecule has 1 aliphatic rings. The van der Waals surface area contributed by atoms with E-state index in [1.807, 2.05) is 41.3 Å². The molecule has 0 bridgehead atoms. The number of carbonyl (C=O) groups is 1. The van der Waals surface area contributed by atoms with E-state index in [0.717, 1.165) is 36.1 Å². The molecule has 0 aliphatic carbocycles. The first-order valence-electron chi connectivity index (χ1n) is 12.2. The van der Waals surface area contributed by atoms with Gasteiger partial charge in [0.15, 0.2) is 5.65 Å². The van der Waals surface area contributed by atoms with Crippen molar-refractivity contribution < 1.29 is 9.90 Å². The minimum Gasteiger partial charge on any atom is -0.507 e. The lowest BCUT2D eigenvalue weighted by atomic mass is 9.98. The summed E-state index contributed by atoms with van der Waals surface area (Å²) in [5, 5.41) is 21.4. The molecule has 2 amide bonds. The first-order valence-corrected chi connectivity index (χ1v) is 13.0. The molecule has 1 fully saturated rings. The fraction of sp³-hybridized carbons (Fsp3) is 0.296. The minimum absolute atomic E-state index is 0.000205. The molecule has 2 aromatic heterocycles. The van der Waals surface area contributed by atoms with Gasteiger partial charge in [-0.05, 0) is 58.8 Å². The van der Waals surface area contributed by atoms with E-state index < -0.39 is 0 Å². The first-order chi connectivity index (χ1) is 17.6. The van der Waals surface area contributed by atoms with E-state index in [9.17, 15) is 9.90 Å². The molecule has 36 heavy (non-hydrogen) atoms. The normalized spacial score (nSPS) is 15.7. The fourth-order valence-electron chi connectivity index (χ4n) is 4.63. The monoisotopic (exact) mass is 548 g/mol. The van der Waals surface area contributed by atoms with E-state index in [1.165, 1.54) is 5.56 Å². The SMILES string of the molecule is O=C(NCCc1ccccc1)N1CCCC(CNc2cc(-c3ccccc3O)nc3c(Br)cnn23)C1. The van der Waals surface area contributed by atoms with Crippen LogP contribution in [0.2, 0.25) is 0 Å². The number of para-hydroxylation sites is 1. The van der Waals surface area contributed by atoms with Crippen molar-refractivity contribution in [3.8, 4) is 17.0 Å². The second kappa shape index (κ2) is 11.0. The summed E-state index contributed by atoms with van der Waals surface area (Å²) in [4.78, 5) is 19.4. The maximum absolute atomic E-state index is 12.8. The summed E-state index contributed by atoms with van der Waals surface area (Å²) in [6.45, 7) is 2.80. The Balaban J connectivity index is 1.23. The number of hydrogen-bond donors (Lipinski definition) is 3. The van der Waals surface area contributed by atoms with Crippen LogP contribution < -0.4 is 10.6 Å². The number of halogens is 1. The van der Waals surface area contributed by atoms with Crippen LogP contribution in [0.4, 0.5) is 10.6 Å². The standard InChI is InChI=1S/C27H29BrN6O2/c28-22-17-31-34-25(15-23(32-26(22)34)21-10-4-5-11-24(21)35)30-16-20-9-6-14-33(18-20)27(36)29-13-12-19-7-2-1-3-8-19/h1-5,7-8,10-11,15,17,20,30,35H,6,9,12-14,16,18H2,(H,29,36). The third kappa shape index (κ3) is 5.46. The summed E-state index contributed by atoms with van der Waals surface area (Å²) in [6.07, 6.45) is 4.55. The molecule has 0 saturated carbocycles. The van der Waals surface area contributed by atoms with Gasteiger partial charge in [-0.25, -0.2) is 9.78 Å². The van der Waals surface area contributed by atoms with Crippen LogP contribution in [0.3, 0.4) is 0 Å². The number of rotatable bonds is 7. The fourth-order valence-corrected chi connectivity index (χ4v) is 4.97. The average Bonchev–Trinajstić information content (AvgIpc) is 3.29. The van der Waals surface area contributed by atoms with Gasteiger partial charge in [0.05, 0.1) is 16.4 Å². The quantitative estimate of drug-likeness (QED) is 0.304. The predicted octanol–water partition coefficient (Wildman–Crippen LogP) is 4.94. The highest BCUT2D eigenvalue weighted by molar-refractivity contribution is 9.10. The van der Waals surface area contributed by atoms with Crippen molar-refractivity contribution in [2.24, 2.45) is 5.92 Å². The van der Waals surface area contributed by atoms with Crippen molar-refractivity contribution >= 4 is 33.4 Å². The number of likely N-dealkylation sites (tertiary alicyclic amines) is 1. The zero-order chi connectivity index (χ0) is 24.9. The van der Waals surface area contributed by atoms with Gasteiger partial charge in [0, 0.05) is 37.8 Å². The van der Waals surface area contributed by atoms with E-state index >= 15 is 0 Å².